The van der Waals surface area contributed by atoms with Crippen molar-refractivity contribution in [3.63, 3.8) is 0 Å². The van der Waals surface area contributed by atoms with Crippen LogP contribution in [-0.2, 0) is 0 Å². The molecule has 1 aromatic carbocycles. The summed E-state index contributed by atoms with van der Waals surface area (Å²) in [7, 11) is 0. The van der Waals surface area contributed by atoms with Gasteiger partial charge in [0.2, 0.25) is 0 Å². The van der Waals surface area contributed by atoms with Crippen molar-refractivity contribution in [2.45, 2.75) is 20.8 Å². The second kappa shape index (κ2) is 7.44. The zero-order chi connectivity index (χ0) is 13.4. The first-order valence-corrected chi connectivity index (χ1v) is 5.27. The van der Waals surface area contributed by atoms with E-state index in [-0.39, 0.29) is 11.1 Å². The molecule has 0 heterocycles. The minimum Gasteiger partial charge on any atom is -0.309 e. The first-order valence-electron chi connectivity index (χ1n) is 5.27. The van der Waals surface area contributed by atoms with E-state index in [1.165, 1.54) is 18.2 Å². The summed E-state index contributed by atoms with van der Waals surface area (Å²) in [5.74, 6) is -1.44. The number of halogens is 2. The lowest BCUT2D eigenvalue weighted by Crippen LogP contribution is -1.97. The smallest absolute Gasteiger partial charge is 0.134 e. The Bertz CT molecular complexity index is 414. The molecule has 0 spiro atoms. The lowest BCUT2D eigenvalue weighted by Gasteiger charge is -2.05. The predicted octanol–water partition coefficient (Wildman–Crippen LogP) is 3.98. The maximum Gasteiger partial charge on any atom is 0.134 e. The molecule has 0 atom stereocenters. The summed E-state index contributed by atoms with van der Waals surface area (Å²) in [5.41, 5.74) is 0.257. The second-order valence-corrected chi connectivity index (χ2v) is 3.04. The third-order valence-corrected chi connectivity index (χ3v) is 1.89. The van der Waals surface area contributed by atoms with Gasteiger partial charge in [0.15, 0.2) is 0 Å². The summed E-state index contributed by atoms with van der Waals surface area (Å²) in [6, 6.07) is 2.39. The van der Waals surface area contributed by atoms with Gasteiger partial charge in [-0.05, 0) is 30.7 Å². The van der Waals surface area contributed by atoms with Gasteiger partial charge < -0.3 is 10.8 Å². The van der Waals surface area contributed by atoms with Crippen molar-refractivity contribution in [2.24, 2.45) is 0 Å². The van der Waals surface area contributed by atoms with Crippen LogP contribution in [0.25, 0.3) is 5.57 Å². The molecule has 0 unspecified atom stereocenters. The molecule has 2 N–H and O–H groups in total. The molecule has 0 aliphatic heterocycles. The molecule has 0 fully saturated rings. The van der Waals surface area contributed by atoms with Crippen molar-refractivity contribution in [1.82, 2.24) is 0 Å². The molecule has 17 heavy (non-hydrogen) atoms. The number of nitrogens with one attached hydrogen (secondary N) is 2. The third kappa shape index (κ3) is 3.90. The highest BCUT2D eigenvalue weighted by Crippen LogP contribution is 2.21. The fraction of sp³-hybridized carbons (Fsp3) is 0.231. The summed E-state index contributed by atoms with van der Waals surface area (Å²) in [4.78, 5) is 0. The fourth-order valence-corrected chi connectivity index (χ4v) is 1.27. The average Bonchev–Trinajstić information content (AvgIpc) is 2.29. The minimum atomic E-state index is -0.718. The Labute approximate surface area is 100 Å². The summed E-state index contributed by atoms with van der Waals surface area (Å²) >= 11 is 0. The Morgan fingerprint density at radius 1 is 1.12 bits per heavy atom. The van der Waals surface area contributed by atoms with Crippen molar-refractivity contribution in [3.8, 4) is 0 Å². The van der Waals surface area contributed by atoms with E-state index < -0.39 is 11.6 Å². The van der Waals surface area contributed by atoms with Gasteiger partial charge in [-0.15, -0.1) is 0 Å². The molecule has 0 aromatic heterocycles. The van der Waals surface area contributed by atoms with E-state index in [0.717, 1.165) is 12.4 Å². The third-order valence-electron chi connectivity index (χ3n) is 1.89. The van der Waals surface area contributed by atoms with Gasteiger partial charge in [-0.25, -0.2) is 8.78 Å². The Hall–Kier alpha value is -1.84. The van der Waals surface area contributed by atoms with E-state index in [2.05, 4.69) is 0 Å². The van der Waals surface area contributed by atoms with Crippen LogP contribution in [0.1, 0.15) is 25.0 Å². The van der Waals surface area contributed by atoms with Gasteiger partial charge in [-0.1, -0.05) is 13.8 Å². The summed E-state index contributed by atoms with van der Waals surface area (Å²) in [5, 5.41) is 13.8. The van der Waals surface area contributed by atoms with E-state index in [1.807, 2.05) is 13.8 Å². The standard InChI is InChI=1S/C11H10F2N2.C2H6/c1-7-4-9(12)11(10(13)5-7)8(6-15)2-3-14;1-2/h2-6,14-15H,1H3;1-2H3/b8-2+,14-3?,15-6?;. The van der Waals surface area contributed by atoms with Crippen molar-refractivity contribution in [1.29, 1.82) is 10.8 Å². The first-order chi connectivity index (χ1) is 8.10. The van der Waals surface area contributed by atoms with Crippen molar-refractivity contribution in [2.75, 3.05) is 0 Å². The maximum absolute atomic E-state index is 13.4. The van der Waals surface area contributed by atoms with Crippen LogP contribution in [0.15, 0.2) is 18.2 Å². The molecule has 0 amide bonds. The Balaban J connectivity index is 0.00000121. The zero-order valence-corrected chi connectivity index (χ0v) is 10.1. The van der Waals surface area contributed by atoms with E-state index in [0.29, 0.717) is 5.56 Å². The Morgan fingerprint density at radius 2 is 1.59 bits per heavy atom. The van der Waals surface area contributed by atoms with E-state index >= 15 is 0 Å². The number of allylic oxidation sites excluding steroid dienone is 2. The van der Waals surface area contributed by atoms with E-state index in [9.17, 15) is 8.78 Å². The zero-order valence-electron chi connectivity index (χ0n) is 10.1. The molecule has 92 valence electrons. The highest BCUT2D eigenvalue weighted by atomic mass is 19.1. The van der Waals surface area contributed by atoms with Gasteiger partial charge in [-0.2, -0.15) is 0 Å². The molecule has 1 rings (SSSR count). The molecular weight excluding hydrogens is 222 g/mol. The number of hydrogen-bond acceptors (Lipinski definition) is 2. The topological polar surface area (TPSA) is 47.7 Å². The van der Waals surface area contributed by atoms with Gasteiger partial charge in [-0.3, -0.25) is 0 Å². The maximum atomic E-state index is 13.4. The largest absolute Gasteiger partial charge is 0.309 e. The molecule has 4 heteroatoms. The van der Waals surface area contributed by atoms with E-state index in [1.54, 1.807) is 6.92 Å². The summed E-state index contributed by atoms with van der Waals surface area (Å²) < 4.78 is 26.8. The molecule has 0 aliphatic carbocycles. The van der Waals surface area contributed by atoms with Crippen molar-refractivity contribution < 1.29 is 8.78 Å². The average molecular weight is 238 g/mol. The molecule has 0 saturated carbocycles. The van der Waals surface area contributed by atoms with Gasteiger partial charge in [0.05, 0.1) is 5.56 Å². The van der Waals surface area contributed by atoms with Gasteiger partial charge in [0.25, 0.3) is 0 Å². The summed E-state index contributed by atoms with van der Waals surface area (Å²) in [6.45, 7) is 5.58. The number of hydrogen-bond donors (Lipinski definition) is 2. The van der Waals surface area contributed by atoms with Crippen LogP contribution < -0.4 is 0 Å². The Kier molecular flexibility index (Phi) is 6.63. The first kappa shape index (κ1) is 15.2. The van der Waals surface area contributed by atoms with Crippen LogP contribution in [0, 0.1) is 29.4 Å². The fourth-order valence-electron chi connectivity index (χ4n) is 1.27. The number of benzene rings is 1. The van der Waals surface area contributed by atoms with Crippen molar-refractivity contribution >= 4 is 18.0 Å². The molecular formula is C13H16F2N2. The van der Waals surface area contributed by atoms with Gasteiger partial charge in [0.1, 0.15) is 11.6 Å². The summed E-state index contributed by atoms with van der Waals surface area (Å²) in [6.07, 6.45) is 2.88. The van der Waals surface area contributed by atoms with Crippen molar-refractivity contribution in [3.05, 3.63) is 41.0 Å². The molecule has 2 nitrogen and oxygen atoms in total. The SMILES string of the molecule is CC.Cc1cc(F)c(/C(C=N)=C/C=N)c(F)c1. The monoisotopic (exact) mass is 238 g/mol. The van der Waals surface area contributed by atoms with Crippen LogP contribution in [0.2, 0.25) is 0 Å². The molecule has 0 bridgehead atoms. The molecule has 0 radical (unpaired) electrons. The van der Waals surface area contributed by atoms with Gasteiger partial charge >= 0.3 is 0 Å². The normalized spacial score (nSPS) is 10.3. The van der Waals surface area contributed by atoms with E-state index in [4.69, 9.17) is 10.8 Å². The van der Waals surface area contributed by atoms with Crippen LogP contribution in [0.3, 0.4) is 0 Å². The quantitative estimate of drug-likeness (QED) is 0.748. The molecule has 1 aromatic rings. The lowest BCUT2D eigenvalue weighted by atomic mass is 10.0. The van der Waals surface area contributed by atoms with Crippen LogP contribution in [-0.4, -0.2) is 12.4 Å². The van der Waals surface area contributed by atoms with Crippen LogP contribution in [0.5, 0.6) is 0 Å². The predicted molar refractivity (Wildman–Crippen MR) is 68.0 cm³/mol. The number of rotatable bonds is 3. The Morgan fingerprint density at radius 3 is 1.94 bits per heavy atom. The van der Waals surface area contributed by atoms with Crippen LogP contribution >= 0.6 is 0 Å². The van der Waals surface area contributed by atoms with Gasteiger partial charge in [0, 0.05) is 18.0 Å². The highest BCUT2D eigenvalue weighted by molar-refractivity contribution is 6.12. The molecule has 0 aliphatic rings. The van der Waals surface area contributed by atoms with Crippen LogP contribution in [0.4, 0.5) is 8.78 Å². The lowest BCUT2D eigenvalue weighted by molar-refractivity contribution is 0.576. The number of aryl methyl sites for hydroxylation is 1. The highest BCUT2D eigenvalue weighted by Gasteiger charge is 2.12. The second-order valence-electron chi connectivity index (χ2n) is 3.04. The minimum absolute atomic E-state index is 0.0417. The molecule has 0 saturated heterocycles.